The molecule has 9 heteroatoms. The average Bonchev–Trinajstić information content (AvgIpc) is 3.25. The monoisotopic (exact) mass is 476 g/mol. The minimum absolute atomic E-state index is 0.216. The van der Waals surface area contributed by atoms with Crippen molar-refractivity contribution in [3.63, 3.8) is 0 Å². The molecule has 0 saturated heterocycles. The first-order valence-electron chi connectivity index (χ1n) is 9.84. The van der Waals surface area contributed by atoms with Crippen LogP contribution in [0.5, 0.6) is 0 Å². The van der Waals surface area contributed by atoms with E-state index in [1.807, 2.05) is 26.0 Å². The van der Waals surface area contributed by atoms with Crippen molar-refractivity contribution in [3.05, 3.63) is 75.7 Å². The van der Waals surface area contributed by atoms with Gasteiger partial charge in [-0.15, -0.1) is 11.3 Å². The molecule has 0 fully saturated rings. The van der Waals surface area contributed by atoms with Gasteiger partial charge in [0.2, 0.25) is 0 Å². The van der Waals surface area contributed by atoms with Gasteiger partial charge in [-0.1, -0.05) is 18.2 Å². The molecule has 6 nitrogen and oxygen atoms in total. The number of sulfonamides is 2. The van der Waals surface area contributed by atoms with Crippen LogP contribution in [0, 0.1) is 20.8 Å². The van der Waals surface area contributed by atoms with Gasteiger partial charge < -0.3 is 0 Å². The number of hydrogen-bond donors (Lipinski definition) is 1. The van der Waals surface area contributed by atoms with E-state index in [-0.39, 0.29) is 11.4 Å². The predicted octanol–water partition coefficient (Wildman–Crippen LogP) is 4.22. The van der Waals surface area contributed by atoms with Gasteiger partial charge in [0.25, 0.3) is 20.0 Å². The van der Waals surface area contributed by atoms with Gasteiger partial charge >= 0.3 is 0 Å². The molecule has 1 aromatic heterocycles. The summed E-state index contributed by atoms with van der Waals surface area (Å²) in [5.41, 5.74) is 4.89. The normalized spacial score (nSPS) is 14.9. The summed E-state index contributed by atoms with van der Waals surface area (Å²) in [6.45, 7) is 6.23. The van der Waals surface area contributed by atoms with Crippen LogP contribution >= 0.6 is 11.3 Å². The maximum absolute atomic E-state index is 13.0. The zero-order valence-electron chi connectivity index (χ0n) is 17.5. The van der Waals surface area contributed by atoms with Gasteiger partial charge in [0.1, 0.15) is 4.21 Å². The lowest BCUT2D eigenvalue weighted by Crippen LogP contribution is -2.35. The van der Waals surface area contributed by atoms with Gasteiger partial charge in [-0.25, -0.2) is 16.8 Å². The molecule has 0 aliphatic carbocycles. The Labute approximate surface area is 187 Å². The first-order valence-corrected chi connectivity index (χ1v) is 13.6. The fourth-order valence-electron chi connectivity index (χ4n) is 3.77. The Balaban J connectivity index is 1.61. The third kappa shape index (κ3) is 4.27. The summed E-state index contributed by atoms with van der Waals surface area (Å²) in [6.07, 6.45) is 0.587. The van der Waals surface area contributed by atoms with E-state index in [1.165, 1.54) is 15.6 Å². The third-order valence-corrected chi connectivity index (χ3v) is 10.3. The summed E-state index contributed by atoms with van der Waals surface area (Å²) in [4.78, 5) is 0.246. The van der Waals surface area contributed by atoms with Crippen LogP contribution in [0.3, 0.4) is 0 Å². The van der Waals surface area contributed by atoms with E-state index >= 15 is 0 Å². The van der Waals surface area contributed by atoms with Crippen molar-refractivity contribution in [1.82, 2.24) is 4.31 Å². The van der Waals surface area contributed by atoms with Gasteiger partial charge in [-0.2, -0.15) is 4.31 Å². The molecular weight excluding hydrogens is 452 g/mol. The first kappa shape index (κ1) is 22.0. The van der Waals surface area contributed by atoms with Crippen LogP contribution < -0.4 is 4.72 Å². The second-order valence-corrected chi connectivity index (χ2v) is 12.6. The molecule has 0 atom stereocenters. The molecule has 0 radical (unpaired) electrons. The highest BCUT2D eigenvalue weighted by atomic mass is 32.2. The van der Waals surface area contributed by atoms with Crippen molar-refractivity contribution >= 4 is 37.1 Å². The van der Waals surface area contributed by atoms with E-state index in [2.05, 4.69) is 4.72 Å². The Kier molecular flexibility index (Phi) is 5.72. The summed E-state index contributed by atoms with van der Waals surface area (Å²) < 4.78 is 56.2. The van der Waals surface area contributed by atoms with E-state index in [0.717, 1.165) is 22.3 Å². The third-order valence-electron chi connectivity index (χ3n) is 5.61. The van der Waals surface area contributed by atoms with E-state index in [1.54, 1.807) is 42.6 Å². The number of fused-ring (bicyclic) bond motifs is 1. The fourth-order valence-corrected chi connectivity index (χ4v) is 7.70. The minimum atomic E-state index is -3.77. The average molecular weight is 477 g/mol. The predicted molar refractivity (Wildman–Crippen MR) is 124 cm³/mol. The van der Waals surface area contributed by atoms with Crippen molar-refractivity contribution in [2.75, 3.05) is 11.3 Å². The van der Waals surface area contributed by atoms with Crippen LogP contribution in [0.25, 0.3) is 0 Å². The molecule has 3 aromatic rings. The summed E-state index contributed by atoms with van der Waals surface area (Å²) >= 11 is 1.20. The van der Waals surface area contributed by atoms with Crippen molar-refractivity contribution in [2.24, 2.45) is 0 Å². The lowest BCUT2D eigenvalue weighted by atomic mass is 10.0. The van der Waals surface area contributed by atoms with Crippen molar-refractivity contribution in [2.45, 2.75) is 42.8 Å². The zero-order chi connectivity index (χ0) is 22.4. The second kappa shape index (κ2) is 8.05. The topological polar surface area (TPSA) is 83.6 Å². The molecule has 2 aromatic carbocycles. The molecule has 164 valence electrons. The number of nitrogens with one attached hydrogen (secondary N) is 1. The number of hydrogen-bond acceptors (Lipinski definition) is 5. The Morgan fingerprint density at radius 1 is 0.903 bits per heavy atom. The van der Waals surface area contributed by atoms with Crippen LogP contribution in [-0.2, 0) is 33.0 Å². The van der Waals surface area contributed by atoms with Crippen molar-refractivity contribution in [3.8, 4) is 0 Å². The number of rotatable bonds is 5. The smallest absolute Gasteiger partial charge is 0.262 e. The number of thiophene rings is 1. The van der Waals surface area contributed by atoms with E-state index < -0.39 is 20.0 Å². The fraction of sp³-hybridized carbons (Fsp3) is 0.273. The van der Waals surface area contributed by atoms with E-state index in [0.29, 0.717) is 28.4 Å². The molecule has 2 heterocycles. The number of benzene rings is 2. The van der Waals surface area contributed by atoms with Crippen LogP contribution in [-0.4, -0.2) is 27.7 Å². The minimum Gasteiger partial charge on any atom is -0.280 e. The Morgan fingerprint density at radius 2 is 1.65 bits per heavy atom. The van der Waals surface area contributed by atoms with E-state index in [4.69, 9.17) is 0 Å². The van der Waals surface area contributed by atoms with Crippen LogP contribution in [0.1, 0.15) is 27.8 Å². The van der Waals surface area contributed by atoms with Crippen molar-refractivity contribution in [1.29, 1.82) is 0 Å². The maximum Gasteiger partial charge on any atom is 0.262 e. The summed E-state index contributed by atoms with van der Waals surface area (Å²) in [5, 5.41) is 1.74. The number of aryl methyl sites for hydroxylation is 3. The lowest BCUT2D eigenvalue weighted by molar-refractivity contribution is 0.392. The Hall–Kier alpha value is -2.20. The summed E-state index contributed by atoms with van der Waals surface area (Å²) in [5.74, 6) is 0. The van der Waals surface area contributed by atoms with Crippen molar-refractivity contribution < 1.29 is 16.8 Å². The Morgan fingerprint density at radius 3 is 2.35 bits per heavy atom. The molecule has 1 aliphatic heterocycles. The zero-order valence-corrected chi connectivity index (χ0v) is 20.0. The molecule has 0 saturated carbocycles. The lowest BCUT2D eigenvalue weighted by Gasteiger charge is -2.28. The second-order valence-electron chi connectivity index (χ2n) is 7.81. The van der Waals surface area contributed by atoms with Crippen LogP contribution in [0.4, 0.5) is 5.69 Å². The van der Waals surface area contributed by atoms with Crippen LogP contribution in [0.2, 0.25) is 0 Å². The molecule has 0 bridgehead atoms. The van der Waals surface area contributed by atoms with Gasteiger partial charge in [-0.3, -0.25) is 4.72 Å². The number of nitrogens with zero attached hydrogens (tertiary/aromatic N) is 1. The highest BCUT2D eigenvalue weighted by molar-refractivity contribution is 7.92. The molecule has 4 rings (SSSR count). The molecule has 0 spiro atoms. The first-order chi connectivity index (χ1) is 14.6. The van der Waals surface area contributed by atoms with E-state index in [9.17, 15) is 16.8 Å². The highest BCUT2D eigenvalue weighted by Crippen LogP contribution is 2.30. The highest BCUT2D eigenvalue weighted by Gasteiger charge is 2.29. The molecular formula is C22H24N2O4S3. The molecule has 0 unspecified atom stereocenters. The summed E-state index contributed by atoms with van der Waals surface area (Å²) in [6, 6.07) is 12.2. The maximum atomic E-state index is 13.0. The van der Waals surface area contributed by atoms with Gasteiger partial charge in [0.05, 0.1) is 4.90 Å². The largest absolute Gasteiger partial charge is 0.280 e. The Bertz CT molecular complexity index is 1350. The molecule has 1 aliphatic rings. The molecule has 31 heavy (non-hydrogen) atoms. The van der Waals surface area contributed by atoms with Gasteiger partial charge in [0.15, 0.2) is 0 Å². The quantitative estimate of drug-likeness (QED) is 0.598. The van der Waals surface area contributed by atoms with Crippen LogP contribution in [0.15, 0.2) is 56.9 Å². The molecule has 1 N–H and O–H groups in total. The summed E-state index contributed by atoms with van der Waals surface area (Å²) in [7, 11) is -7.32. The standard InChI is InChI=1S/C22H24N2O4S3/c1-15-11-17(3)21(12-16(15)2)30(25,26)23-20-7-6-18-8-9-24(14-19(18)13-20)31(27,28)22-5-4-10-29-22/h4-7,10-13,23H,8-9,14H2,1-3H3. The van der Waals surface area contributed by atoms with Gasteiger partial charge in [-0.05, 0) is 84.7 Å². The molecule has 0 amide bonds. The SMILES string of the molecule is Cc1cc(C)c(S(=O)(=O)Nc2ccc3c(c2)CN(S(=O)(=O)c2cccs2)CC3)cc1C. The van der Waals surface area contributed by atoms with Gasteiger partial charge in [0, 0.05) is 18.8 Å². The number of anilines is 1.